The van der Waals surface area contributed by atoms with Crippen LogP contribution in [0.1, 0.15) is 35.4 Å². The maximum atomic E-state index is 12.0. The summed E-state index contributed by atoms with van der Waals surface area (Å²) in [7, 11) is 0. The van der Waals surface area contributed by atoms with Gasteiger partial charge in [-0.15, -0.1) is 11.3 Å². The number of primary amides is 1. The zero-order chi connectivity index (χ0) is 17.5. The molecule has 0 atom stereocenters. The van der Waals surface area contributed by atoms with Crippen molar-refractivity contribution in [3.63, 3.8) is 0 Å². The van der Waals surface area contributed by atoms with Gasteiger partial charge in [-0.05, 0) is 24.3 Å². The Kier molecular flexibility index (Phi) is 6.48. The molecule has 1 aliphatic rings. The van der Waals surface area contributed by atoms with E-state index in [0.717, 1.165) is 0 Å². The maximum Gasteiger partial charge on any atom is 0.306 e. The zero-order valence-corrected chi connectivity index (χ0v) is 14.0. The van der Waals surface area contributed by atoms with E-state index < -0.39 is 5.97 Å². The molecule has 8 heteroatoms. The highest BCUT2D eigenvalue weighted by atomic mass is 32.1. The van der Waals surface area contributed by atoms with Crippen LogP contribution in [0, 0.1) is 5.92 Å². The monoisotopic (exact) mass is 352 g/mol. The Labute approximate surface area is 143 Å². The minimum atomic E-state index is -0.569. The van der Waals surface area contributed by atoms with Crippen molar-refractivity contribution in [2.45, 2.75) is 25.7 Å². The number of nitrogens with zero attached hydrogens (tertiary/aromatic N) is 1. The van der Waals surface area contributed by atoms with E-state index in [1.807, 2.05) is 0 Å². The summed E-state index contributed by atoms with van der Waals surface area (Å²) in [6.07, 6.45) is 1.08. The fraction of sp³-hybridized carbons (Fsp3) is 0.500. The van der Waals surface area contributed by atoms with Gasteiger partial charge in [-0.3, -0.25) is 19.2 Å². The number of piperidine rings is 1. The van der Waals surface area contributed by atoms with Crippen LogP contribution in [0.25, 0.3) is 0 Å². The molecule has 0 bridgehead atoms. The minimum absolute atomic E-state index is 0.0479. The topological polar surface area (TPSA) is 107 Å². The molecule has 1 saturated heterocycles. The molecule has 7 nitrogen and oxygen atoms in total. The summed E-state index contributed by atoms with van der Waals surface area (Å²) in [5.41, 5.74) is 5.24. The number of hydrogen-bond acceptors (Lipinski definition) is 6. The van der Waals surface area contributed by atoms with Crippen LogP contribution < -0.4 is 5.73 Å². The summed E-state index contributed by atoms with van der Waals surface area (Å²) in [6.45, 7) is 0.523. The summed E-state index contributed by atoms with van der Waals surface area (Å²) < 4.78 is 4.93. The van der Waals surface area contributed by atoms with Gasteiger partial charge in [0.05, 0.1) is 11.3 Å². The minimum Gasteiger partial charge on any atom is -0.456 e. The van der Waals surface area contributed by atoms with E-state index in [1.165, 1.54) is 11.3 Å². The number of carbonyl (C=O) groups is 4. The van der Waals surface area contributed by atoms with E-state index in [1.54, 1.807) is 22.4 Å². The number of thiophene rings is 1. The normalized spacial score (nSPS) is 15.1. The molecule has 2 rings (SSSR count). The Morgan fingerprint density at radius 1 is 1.21 bits per heavy atom. The quantitative estimate of drug-likeness (QED) is 0.581. The Morgan fingerprint density at radius 2 is 1.92 bits per heavy atom. The summed E-state index contributed by atoms with van der Waals surface area (Å²) in [5.74, 6) is -1.51. The Balaban J connectivity index is 1.65. The van der Waals surface area contributed by atoms with E-state index in [-0.39, 0.29) is 43.0 Å². The molecule has 2 amide bonds. The van der Waals surface area contributed by atoms with Crippen molar-refractivity contribution in [2.24, 2.45) is 11.7 Å². The number of ketones is 1. The van der Waals surface area contributed by atoms with Gasteiger partial charge in [0.1, 0.15) is 0 Å². The van der Waals surface area contributed by atoms with Crippen LogP contribution in [0.15, 0.2) is 17.5 Å². The molecular weight excluding hydrogens is 332 g/mol. The van der Waals surface area contributed by atoms with Crippen molar-refractivity contribution in [3.05, 3.63) is 22.4 Å². The van der Waals surface area contributed by atoms with Gasteiger partial charge in [0.15, 0.2) is 12.4 Å². The van der Waals surface area contributed by atoms with Crippen LogP contribution in [-0.4, -0.2) is 48.2 Å². The number of carbonyl (C=O) groups excluding carboxylic acids is 4. The van der Waals surface area contributed by atoms with Crippen LogP contribution in [0.3, 0.4) is 0 Å². The predicted octanol–water partition coefficient (Wildman–Crippen LogP) is 0.978. The van der Waals surface area contributed by atoms with Gasteiger partial charge >= 0.3 is 5.97 Å². The van der Waals surface area contributed by atoms with Crippen molar-refractivity contribution in [1.29, 1.82) is 0 Å². The van der Waals surface area contributed by atoms with Gasteiger partial charge in [-0.1, -0.05) is 6.07 Å². The first-order valence-corrected chi connectivity index (χ1v) is 8.64. The average molecular weight is 352 g/mol. The second-order valence-electron chi connectivity index (χ2n) is 5.62. The second-order valence-corrected chi connectivity index (χ2v) is 6.57. The number of likely N-dealkylation sites (tertiary alicyclic amines) is 1. The summed E-state index contributed by atoms with van der Waals surface area (Å²) >= 11 is 1.33. The molecule has 2 N–H and O–H groups in total. The van der Waals surface area contributed by atoms with E-state index in [0.29, 0.717) is 30.8 Å². The van der Waals surface area contributed by atoms with E-state index in [2.05, 4.69) is 0 Å². The van der Waals surface area contributed by atoms with Gasteiger partial charge in [0, 0.05) is 25.4 Å². The largest absolute Gasteiger partial charge is 0.456 e. The third-order valence-corrected chi connectivity index (χ3v) is 4.87. The van der Waals surface area contributed by atoms with Crippen LogP contribution in [0.5, 0.6) is 0 Å². The lowest BCUT2D eigenvalue weighted by Gasteiger charge is -2.30. The zero-order valence-electron chi connectivity index (χ0n) is 13.2. The molecular formula is C16H20N2O5S. The molecule has 0 spiro atoms. The SMILES string of the molecule is NC(=O)C1CCN(C(=O)COC(=O)CCC(=O)c2cccs2)CC1. The summed E-state index contributed by atoms with van der Waals surface area (Å²) in [4.78, 5) is 48.6. The number of ether oxygens (including phenoxy) is 1. The number of amides is 2. The smallest absolute Gasteiger partial charge is 0.306 e. The third-order valence-electron chi connectivity index (χ3n) is 3.96. The van der Waals surface area contributed by atoms with Gasteiger partial charge < -0.3 is 15.4 Å². The summed E-state index contributed by atoms with van der Waals surface area (Å²) in [5, 5.41) is 1.80. The second kappa shape index (κ2) is 8.58. The van der Waals surface area contributed by atoms with Gasteiger partial charge in [-0.25, -0.2) is 0 Å². The Bertz CT molecular complexity index is 606. The lowest BCUT2D eigenvalue weighted by atomic mass is 9.96. The molecule has 1 aromatic heterocycles. The summed E-state index contributed by atoms with van der Waals surface area (Å²) in [6, 6.07) is 3.48. The van der Waals surface area contributed by atoms with E-state index >= 15 is 0 Å². The number of esters is 1. The molecule has 24 heavy (non-hydrogen) atoms. The van der Waals surface area contributed by atoms with E-state index in [4.69, 9.17) is 10.5 Å². The fourth-order valence-corrected chi connectivity index (χ4v) is 3.19. The van der Waals surface area contributed by atoms with E-state index in [9.17, 15) is 19.2 Å². The van der Waals surface area contributed by atoms with Gasteiger partial charge in [-0.2, -0.15) is 0 Å². The molecule has 2 heterocycles. The highest BCUT2D eigenvalue weighted by molar-refractivity contribution is 7.12. The maximum absolute atomic E-state index is 12.0. The highest BCUT2D eigenvalue weighted by Gasteiger charge is 2.26. The number of rotatable bonds is 7. The molecule has 1 aliphatic heterocycles. The number of nitrogens with two attached hydrogens (primary N) is 1. The Morgan fingerprint density at radius 3 is 2.50 bits per heavy atom. The molecule has 1 fully saturated rings. The van der Waals surface area contributed by atoms with Crippen molar-refractivity contribution in [2.75, 3.05) is 19.7 Å². The van der Waals surface area contributed by atoms with Crippen LogP contribution in [0.2, 0.25) is 0 Å². The van der Waals surface area contributed by atoms with Crippen LogP contribution >= 0.6 is 11.3 Å². The standard InChI is InChI=1S/C16H20N2O5S/c17-16(22)11-5-7-18(8-6-11)14(20)10-23-15(21)4-3-12(19)13-2-1-9-24-13/h1-2,9,11H,3-8,10H2,(H2,17,22). The first-order chi connectivity index (χ1) is 11.5. The van der Waals surface area contributed by atoms with Crippen LogP contribution in [-0.2, 0) is 19.1 Å². The van der Waals surface area contributed by atoms with Crippen molar-refractivity contribution in [1.82, 2.24) is 4.90 Å². The first-order valence-electron chi connectivity index (χ1n) is 7.77. The van der Waals surface area contributed by atoms with Gasteiger partial charge in [0.25, 0.3) is 5.91 Å². The lowest BCUT2D eigenvalue weighted by molar-refractivity contribution is -0.152. The lowest BCUT2D eigenvalue weighted by Crippen LogP contribution is -2.43. The van der Waals surface area contributed by atoms with Crippen molar-refractivity contribution >= 4 is 34.9 Å². The van der Waals surface area contributed by atoms with Gasteiger partial charge in [0.2, 0.25) is 5.91 Å². The first kappa shape index (κ1) is 18.1. The Hall–Kier alpha value is -2.22. The molecule has 0 aliphatic carbocycles. The molecule has 0 aromatic carbocycles. The molecule has 0 unspecified atom stereocenters. The van der Waals surface area contributed by atoms with Crippen molar-refractivity contribution in [3.8, 4) is 0 Å². The molecule has 1 aromatic rings. The third kappa shape index (κ3) is 5.16. The highest BCUT2D eigenvalue weighted by Crippen LogP contribution is 2.17. The molecule has 130 valence electrons. The average Bonchev–Trinajstić information content (AvgIpc) is 3.12. The number of hydrogen-bond donors (Lipinski definition) is 1. The molecule has 0 radical (unpaired) electrons. The molecule has 0 saturated carbocycles. The fourth-order valence-electron chi connectivity index (χ4n) is 2.50. The van der Waals surface area contributed by atoms with Crippen molar-refractivity contribution < 1.29 is 23.9 Å². The number of Topliss-reactive ketones (excluding diaryl/α,β-unsaturated/α-hetero) is 1. The predicted molar refractivity (Wildman–Crippen MR) is 87.3 cm³/mol. The van der Waals surface area contributed by atoms with Crippen LogP contribution in [0.4, 0.5) is 0 Å².